The lowest BCUT2D eigenvalue weighted by Gasteiger charge is -2.11. The van der Waals surface area contributed by atoms with E-state index in [9.17, 15) is 9.90 Å². The van der Waals surface area contributed by atoms with Gasteiger partial charge in [0, 0.05) is 0 Å². The van der Waals surface area contributed by atoms with Crippen molar-refractivity contribution < 1.29 is 14.6 Å². The number of rotatable bonds is 6. The SMILES string of the molecule is COC(=O)/C(=C(/O)CSc1nnnn1C1CCCC1)c1nc2ccccc2[nH]1. The zero-order valence-corrected chi connectivity index (χ0v) is 16.1. The number of aliphatic hydroxyl groups excluding tert-OH is 1. The topological polar surface area (TPSA) is 119 Å². The molecule has 10 heteroatoms. The summed E-state index contributed by atoms with van der Waals surface area (Å²) in [4.78, 5) is 19.8. The number of para-hydroxylation sites is 2. The number of tetrazole rings is 1. The molecule has 1 saturated carbocycles. The Morgan fingerprint density at radius 3 is 2.89 bits per heavy atom. The zero-order valence-electron chi connectivity index (χ0n) is 15.3. The van der Waals surface area contributed by atoms with E-state index < -0.39 is 5.97 Å². The van der Waals surface area contributed by atoms with Gasteiger partial charge in [-0.1, -0.05) is 36.7 Å². The first-order valence-corrected chi connectivity index (χ1v) is 10.0. The van der Waals surface area contributed by atoms with E-state index in [0.29, 0.717) is 16.7 Å². The van der Waals surface area contributed by atoms with Crippen molar-refractivity contribution in [2.45, 2.75) is 36.9 Å². The van der Waals surface area contributed by atoms with Crippen LogP contribution in [0.25, 0.3) is 16.6 Å². The first-order valence-electron chi connectivity index (χ1n) is 9.03. The first-order chi connectivity index (χ1) is 13.7. The molecule has 0 saturated heterocycles. The van der Waals surface area contributed by atoms with Crippen LogP contribution in [0.1, 0.15) is 37.5 Å². The highest BCUT2D eigenvalue weighted by atomic mass is 32.2. The lowest BCUT2D eigenvalue weighted by Crippen LogP contribution is -2.11. The van der Waals surface area contributed by atoms with Crippen molar-refractivity contribution in [3.63, 3.8) is 0 Å². The maximum atomic E-state index is 12.3. The molecule has 0 unspecified atom stereocenters. The number of carbonyl (C=O) groups excluding carboxylic acids is 1. The first kappa shape index (κ1) is 18.5. The fourth-order valence-corrected chi connectivity index (χ4v) is 4.21. The van der Waals surface area contributed by atoms with Crippen molar-refractivity contribution >= 4 is 34.3 Å². The summed E-state index contributed by atoms with van der Waals surface area (Å²) in [5.41, 5.74) is 1.47. The van der Waals surface area contributed by atoms with Crippen LogP contribution in [0.4, 0.5) is 0 Å². The Morgan fingerprint density at radius 1 is 1.36 bits per heavy atom. The van der Waals surface area contributed by atoms with Gasteiger partial charge in [0.2, 0.25) is 5.16 Å². The highest BCUT2D eigenvalue weighted by Gasteiger charge is 2.25. The number of carbonyl (C=O) groups is 1. The Kier molecular flexibility index (Phi) is 5.29. The molecule has 0 spiro atoms. The number of esters is 1. The van der Waals surface area contributed by atoms with Crippen LogP contribution in [0.2, 0.25) is 0 Å². The number of imidazole rings is 1. The number of aliphatic hydroxyl groups is 1. The number of methoxy groups -OCH3 is 1. The van der Waals surface area contributed by atoms with Gasteiger partial charge in [-0.3, -0.25) is 0 Å². The zero-order chi connectivity index (χ0) is 19.5. The third-order valence-corrected chi connectivity index (χ3v) is 5.72. The average molecular weight is 400 g/mol. The second kappa shape index (κ2) is 8.01. The summed E-state index contributed by atoms with van der Waals surface area (Å²) < 4.78 is 6.66. The van der Waals surface area contributed by atoms with E-state index >= 15 is 0 Å². The maximum Gasteiger partial charge on any atom is 0.345 e. The number of aromatic amines is 1. The van der Waals surface area contributed by atoms with E-state index in [1.165, 1.54) is 31.7 Å². The molecule has 1 fully saturated rings. The smallest absolute Gasteiger partial charge is 0.345 e. The lowest BCUT2D eigenvalue weighted by atomic mass is 10.2. The van der Waals surface area contributed by atoms with Crippen LogP contribution < -0.4 is 0 Å². The molecule has 0 aliphatic heterocycles. The molecule has 28 heavy (non-hydrogen) atoms. The second-order valence-corrected chi connectivity index (χ2v) is 7.49. The van der Waals surface area contributed by atoms with Gasteiger partial charge in [0.05, 0.1) is 29.9 Å². The summed E-state index contributed by atoms with van der Waals surface area (Å²) in [6.07, 6.45) is 4.43. The molecule has 9 nitrogen and oxygen atoms in total. The van der Waals surface area contributed by atoms with Crippen LogP contribution in [0.15, 0.2) is 35.2 Å². The van der Waals surface area contributed by atoms with E-state index in [1.54, 1.807) is 0 Å². The largest absolute Gasteiger partial charge is 0.510 e. The number of aromatic nitrogens is 6. The summed E-state index contributed by atoms with van der Waals surface area (Å²) >= 11 is 1.28. The van der Waals surface area contributed by atoms with Crippen LogP contribution in [-0.4, -0.2) is 54.1 Å². The number of nitrogens with one attached hydrogen (secondary N) is 1. The number of ether oxygens (including phenoxy) is 1. The number of H-pyrrole nitrogens is 1. The monoisotopic (exact) mass is 400 g/mol. The molecule has 2 aromatic heterocycles. The number of nitrogens with zero attached hydrogens (tertiary/aromatic N) is 5. The minimum Gasteiger partial charge on any atom is -0.510 e. The van der Waals surface area contributed by atoms with E-state index in [2.05, 4.69) is 25.5 Å². The van der Waals surface area contributed by atoms with E-state index in [1.807, 2.05) is 28.9 Å². The van der Waals surface area contributed by atoms with Gasteiger partial charge < -0.3 is 14.8 Å². The highest BCUT2D eigenvalue weighted by molar-refractivity contribution is 7.99. The van der Waals surface area contributed by atoms with Crippen molar-refractivity contribution in [1.82, 2.24) is 30.2 Å². The molecule has 1 aliphatic carbocycles. The van der Waals surface area contributed by atoms with Crippen molar-refractivity contribution in [2.75, 3.05) is 12.9 Å². The van der Waals surface area contributed by atoms with Gasteiger partial charge in [-0.15, -0.1) is 5.10 Å². The van der Waals surface area contributed by atoms with Gasteiger partial charge in [0.25, 0.3) is 0 Å². The number of fused-ring (bicyclic) bond motifs is 1. The lowest BCUT2D eigenvalue weighted by molar-refractivity contribution is -0.133. The van der Waals surface area contributed by atoms with Gasteiger partial charge in [-0.2, -0.15) is 0 Å². The molecule has 0 amide bonds. The summed E-state index contributed by atoms with van der Waals surface area (Å²) in [6, 6.07) is 7.69. The minimum atomic E-state index is -0.660. The number of benzene rings is 1. The predicted octanol–water partition coefficient (Wildman–Crippen LogP) is 2.90. The predicted molar refractivity (Wildman–Crippen MR) is 104 cm³/mol. The summed E-state index contributed by atoms with van der Waals surface area (Å²) in [5.74, 6) is -0.417. The molecule has 4 rings (SSSR count). The fraction of sp³-hybridized carbons (Fsp3) is 0.389. The average Bonchev–Trinajstić information content (AvgIpc) is 3.45. The Balaban J connectivity index is 1.60. The Labute approximate surface area is 165 Å². The van der Waals surface area contributed by atoms with Gasteiger partial charge in [-0.25, -0.2) is 14.5 Å². The molecular formula is C18H20N6O3S. The summed E-state index contributed by atoms with van der Waals surface area (Å²) in [7, 11) is 1.27. The molecule has 2 N–H and O–H groups in total. The molecule has 0 atom stereocenters. The van der Waals surface area contributed by atoms with E-state index in [-0.39, 0.29) is 22.9 Å². The molecule has 2 heterocycles. The molecule has 0 radical (unpaired) electrons. The van der Waals surface area contributed by atoms with Crippen LogP contribution in [-0.2, 0) is 9.53 Å². The van der Waals surface area contributed by atoms with E-state index in [0.717, 1.165) is 18.4 Å². The van der Waals surface area contributed by atoms with Gasteiger partial charge >= 0.3 is 5.97 Å². The number of hydrogen-bond donors (Lipinski definition) is 2. The summed E-state index contributed by atoms with van der Waals surface area (Å²) in [6.45, 7) is 0. The quantitative estimate of drug-likeness (QED) is 0.281. The van der Waals surface area contributed by atoms with Crippen LogP contribution in [0, 0.1) is 0 Å². The second-order valence-electron chi connectivity index (χ2n) is 6.55. The standard InChI is InChI=1S/C18H20N6O3S/c1-27-17(26)15(16-19-12-8-4-5-9-13(12)20-16)14(25)10-28-18-21-22-23-24(18)11-6-2-3-7-11/h4-5,8-9,11,25H,2-3,6-7,10H2,1H3,(H,19,20)/b15-14+. The van der Waals surface area contributed by atoms with Crippen LogP contribution in [0.3, 0.4) is 0 Å². The van der Waals surface area contributed by atoms with Crippen molar-refractivity contribution in [2.24, 2.45) is 0 Å². The molecule has 3 aromatic rings. The molecule has 1 aromatic carbocycles. The maximum absolute atomic E-state index is 12.3. The van der Waals surface area contributed by atoms with Gasteiger partial charge in [0.15, 0.2) is 0 Å². The third kappa shape index (κ3) is 3.59. The third-order valence-electron chi connectivity index (χ3n) is 4.78. The Morgan fingerprint density at radius 2 is 2.14 bits per heavy atom. The van der Waals surface area contributed by atoms with Crippen molar-refractivity contribution in [1.29, 1.82) is 0 Å². The molecule has 146 valence electrons. The number of thioether (sulfide) groups is 1. The van der Waals surface area contributed by atoms with Gasteiger partial charge in [0.1, 0.15) is 17.2 Å². The Hall–Kier alpha value is -2.88. The Bertz CT molecular complexity index is 988. The molecular weight excluding hydrogens is 380 g/mol. The van der Waals surface area contributed by atoms with Crippen LogP contribution in [0.5, 0.6) is 0 Å². The van der Waals surface area contributed by atoms with E-state index in [4.69, 9.17) is 4.74 Å². The number of hydrogen-bond acceptors (Lipinski definition) is 8. The highest BCUT2D eigenvalue weighted by Crippen LogP contribution is 2.32. The summed E-state index contributed by atoms with van der Waals surface area (Å²) in [5, 5.41) is 23.2. The molecule has 0 bridgehead atoms. The molecule has 1 aliphatic rings. The van der Waals surface area contributed by atoms with Crippen LogP contribution >= 0.6 is 11.8 Å². The van der Waals surface area contributed by atoms with Crippen molar-refractivity contribution in [3.8, 4) is 0 Å². The normalized spacial score (nSPS) is 15.8. The fourth-order valence-electron chi connectivity index (χ4n) is 3.39. The van der Waals surface area contributed by atoms with Crippen molar-refractivity contribution in [3.05, 3.63) is 35.8 Å². The van der Waals surface area contributed by atoms with Gasteiger partial charge in [-0.05, 0) is 35.4 Å². The minimum absolute atomic E-state index is 0.00564.